The van der Waals surface area contributed by atoms with Crippen molar-refractivity contribution >= 4 is 11.6 Å². The van der Waals surface area contributed by atoms with Crippen LogP contribution in [0, 0.1) is 6.92 Å². The van der Waals surface area contributed by atoms with E-state index in [-0.39, 0.29) is 41.7 Å². The lowest BCUT2D eigenvalue weighted by molar-refractivity contribution is -0.138. The maximum Gasteiger partial charge on any atom is 0.417 e. The topological polar surface area (TPSA) is 53.9 Å². The van der Waals surface area contributed by atoms with Gasteiger partial charge in [-0.2, -0.15) is 36.3 Å². The van der Waals surface area contributed by atoms with Crippen molar-refractivity contribution < 1.29 is 26.3 Å². The quantitative estimate of drug-likeness (QED) is 0.476. The smallest absolute Gasteiger partial charge is 0.378 e. The molecular formula is C22H21F6N5. The summed E-state index contributed by atoms with van der Waals surface area (Å²) in [5, 5.41) is 2.80. The maximum absolute atomic E-state index is 13.5. The number of rotatable bonds is 6. The molecule has 2 aromatic carbocycles. The second-order valence-corrected chi connectivity index (χ2v) is 7.48. The zero-order valence-corrected chi connectivity index (χ0v) is 18.0. The molecule has 0 atom stereocenters. The molecule has 0 aliphatic rings. The van der Waals surface area contributed by atoms with E-state index in [1.54, 1.807) is 25.1 Å². The molecule has 0 saturated carbocycles. The van der Waals surface area contributed by atoms with Crippen LogP contribution in [0.1, 0.15) is 22.5 Å². The largest absolute Gasteiger partial charge is 0.417 e. The van der Waals surface area contributed by atoms with Gasteiger partial charge >= 0.3 is 12.4 Å². The van der Waals surface area contributed by atoms with Crippen molar-refractivity contribution in [2.45, 2.75) is 25.7 Å². The average molecular weight is 469 g/mol. The first-order chi connectivity index (χ1) is 15.4. The van der Waals surface area contributed by atoms with Crippen LogP contribution in [0.4, 0.5) is 38.0 Å². The van der Waals surface area contributed by atoms with Gasteiger partial charge in [0.05, 0.1) is 11.1 Å². The number of alkyl halides is 6. The molecule has 0 amide bonds. The molecule has 0 saturated heterocycles. The summed E-state index contributed by atoms with van der Waals surface area (Å²) in [6, 6.07) is 8.95. The Morgan fingerprint density at radius 2 is 1.52 bits per heavy atom. The number of benzene rings is 2. The van der Waals surface area contributed by atoms with E-state index in [0.717, 1.165) is 12.1 Å². The first-order valence-corrected chi connectivity index (χ1v) is 9.87. The van der Waals surface area contributed by atoms with Crippen LogP contribution in [0.2, 0.25) is 0 Å². The van der Waals surface area contributed by atoms with Crippen molar-refractivity contribution in [3.8, 4) is 11.4 Å². The number of halogens is 6. The molecule has 3 aromatic rings. The van der Waals surface area contributed by atoms with Crippen molar-refractivity contribution in [1.82, 2.24) is 15.0 Å². The van der Waals surface area contributed by atoms with E-state index in [1.807, 2.05) is 0 Å². The Balaban J connectivity index is 1.83. The highest BCUT2D eigenvalue weighted by atomic mass is 19.4. The summed E-state index contributed by atoms with van der Waals surface area (Å²) in [5.41, 5.74) is -1.36. The Kier molecular flexibility index (Phi) is 6.80. The lowest BCUT2D eigenvalue weighted by Crippen LogP contribution is -2.16. The van der Waals surface area contributed by atoms with E-state index < -0.39 is 23.5 Å². The summed E-state index contributed by atoms with van der Waals surface area (Å²) in [4.78, 5) is 13.7. The Hall–Kier alpha value is -3.37. The van der Waals surface area contributed by atoms with Crippen molar-refractivity contribution in [3.63, 3.8) is 0 Å². The van der Waals surface area contributed by atoms with Crippen LogP contribution in [-0.2, 0) is 18.8 Å². The van der Waals surface area contributed by atoms with Crippen LogP contribution in [-0.4, -0.2) is 35.6 Å². The van der Waals surface area contributed by atoms with Gasteiger partial charge in [-0.3, -0.25) is 0 Å². The van der Waals surface area contributed by atoms with Crippen molar-refractivity contribution in [3.05, 3.63) is 65.0 Å². The van der Waals surface area contributed by atoms with Crippen LogP contribution < -0.4 is 10.2 Å². The highest BCUT2D eigenvalue weighted by Crippen LogP contribution is 2.36. The minimum atomic E-state index is -4.60. The number of nitrogens with zero attached hydrogens (tertiary/aromatic N) is 4. The third kappa shape index (κ3) is 5.91. The molecule has 5 nitrogen and oxygen atoms in total. The Labute approximate surface area is 186 Å². The second-order valence-electron chi connectivity index (χ2n) is 7.48. The van der Waals surface area contributed by atoms with Gasteiger partial charge < -0.3 is 10.2 Å². The molecule has 11 heteroatoms. The molecule has 1 heterocycles. The highest BCUT2D eigenvalue weighted by molar-refractivity contribution is 5.62. The monoisotopic (exact) mass is 469 g/mol. The molecule has 0 fully saturated rings. The molecule has 33 heavy (non-hydrogen) atoms. The number of hydrogen-bond donors (Lipinski definition) is 1. The fourth-order valence-corrected chi connectivity index (χ4v) is 3.24. The van der Waals surface area contributed by atoms with Crippen LogP contribution in [0.3, 0.4) is 0 Å². The molecule has 1 N–H and O–H groups in total. The number of anilines is 2. The van der Waals surface area contributed by atoms with E-state index in [9.17, 15) is 26.3 Å². The predicted octanol–water partition coefficient (Wildman–Crippen LogP) is 5.61. The maximum atomic E-state index is 13.5. The molecule has 0 radical (unpaired) electrons. The van der Waals surface area contributed by atoms with Gasteiger partial charge in [-0.05, 0) is 37.1 Å². The molecule has 0 bridgehead atoms. The Morgan fingerprint density at radius 1 is 0.848 bits per heavy atom. The fourth-order valence-electron chi connectivity index (χ4n) is 3.24. The number of aryl methyl sites for hydroxylation is 1. The van der Waals surface area contributed by atoms with Crippen molar-refractivity contribution in [1.29, 1.82) is 0 Å². The fraction of sp³-hybridized carbons (Fsp3) is 0.318. The molecule has 1 aromatic heterocycles. The van der Waals surface area contributed by atoms with Crippen LogP contribution in [0.15, 0.2) is 42.5 Å². The van der Waals surface area contributed by atoms with E-state index in [4.69, 9.17) is 0 Å². The molecule has 3 rings (SSSR count). The van der Waals surface area contributed by atoms with Crippen LogP contribution >= 0.6 is 0 Å². The summed E-state index contributed by atoms with van der Waals surface area (Å²) in [5.74, 6) is -0.0250. The zero-order valence-electron chi connectivity index (χ0n) is 18.0. The number of aromatic nitrogens is 3. The Bertz CT molecular complexity index is 1120. The summed E-state index contributed by atoms with van der Waals surface area (Å²) >= 11 is 0. The normalized spacial score (nSPS) is 12.0. The highest BCUT2D eigenvalue weighted by Gasteiger charge is 2.35. The first kappa shape index (κ1) is 24.3. The van der Waals surface area contributed by atoms with Crippen LogP contribution in [0.5, 0.6) is 0 Å². The van der Waals surface area contributed by atoms with Crippen LogP contribution in [0.25, 0.3) is 11.4 Å². The molecule has 0 aliphatic carbocycles. The summed E-state index contributed by atoms with van der Waals surface area (Å²) in [7, 11) is 3.29. The van der Waals surface area contributed by atoms with E-state index in [2.05, 4.69) is 20.3 Å². The number of nitrogens with one attached hydrogen (secondary N) is 1. The van der Waals surface area contributed by atoms with Gasteiger partial charge in [0.25, 0.3) is 0 Å². The van der Waals surface area contributed by atoms with E-state index >= 15 is 0 Å². The van der Waals surface area contributed by atoms with E-state index in [1.165, 1.54) is 31.2 Å². The summed E-state index contributed by atoms with van der Waals surface area (Å²) < 4.78 is 80.6. The standard InChI is InChI=1S/C22H21F6N5/c1-13-30-19(16-6-4-5-7-17(16)21(23,24)25)32-20(31-13)29-11-10-14-8-9-15(33(2)3)12-18(14)22(26,27)28/h4-9,12H,10-11H2,1-3H3,(H,29,30,31,32). The lowest BCUT2D eigenvalue weighted by Gasteiger charge is -2.18. The van der Waals surface area contributed by atoms with Gasteiger partial charge in [-0.25, -0.2) is 4.98 Å². The zero-order chi connectivity index (χ0) is 24.4. The van der Waals surface area contributed by atoms with Crippen molar-refractivity contribution in [2.75, 3.05) is 30.9 Å². The van der Waals surface area contributed by atoms with Gasteiger partial charge in [-0.15, -0.1) is 0 Å². The van der Waals surface area contributed by atoms with Gasteiger partial charge in [0, 0.05) is 31.9 Å². The molecule has 0 aliphatic heterocycles. The third-order valence-corrected chi connectivity index (χ3v) is 4.81. The summed E-state index contributed by atoms with van der Waals surface area (Å²) in [6.45, 7) is 1.53. The number of hydrogen-bond acceptors (Lipinski definition) is 5. The minimum Gasteiger partial charge on any atom is -0.378 e. The van der Waals surface area contributed by atoms with Gasteiger partial charge in [0.2, 0.25) is 5.95 Å². The average Bonchev–Trinajstić information content (AvgIpc) is 2.72. The van der Waals surface area contributed by atoms with Gasteiger partial charge in [-0.1, -0.05) is 24.3 Å². The van der Waals surface area contributed by atoms with E-state index in [0.29, 0.717) is 5.69 Å². The summed E-state index contributed by atoms with van der Waals surface area (Å²) in [6.07, 6.45) is -9.13. The molecule has 0 unspecified atom stereocenters. The third-order valence-electron chi connectivity index (χ3n) is 4.81. The predicted molar refractivity (Wildman–Crippen MR) is 113 cm³/mol. The minimum absolute atomic E-state index is 0.00174. The van der Waals surface area contributed by atoms with Gasteiger partial charge in [0.15, 0.2) is 5.82 Å². The molecule has 176 valence electrons. The first-order valence-electron chi connectivity index (χ1n) is 9.87. The second kappa shape index (κ2) is 9.24. The molecular weight excluding hydrogens is 448 g/mol. The Morgan fingerprint density at radius 3 is 2.15 bits per heavy atom. The molecule has 0 spiro atoms. The SMILES string of the molecule is Cc1nc(NCCc2ccc(N(C)C)cc2C(F)(F)F)nc(-c2ccccc2C(F)(F)F)n1. The van der Waals surface area contributed by atoms with Crippen molar-refractivity contribution in [2.24, 2.45) is 0 Å². The van der Waals surface area contributed by atoms with Gasteiger partial charge in [0.1, 0.15) is 5.82 Å². The lowest BCUT2D eigenvalue weighted by atomic mass is 10.0.